The molecule has 0 aliphatic carbocycles. The summed E-state index contributed by atoms with van der Waals surface area (Å²) in [6, 6.07) is 14.4. The molecule has 6 heteroatoms. The van der Waals surface area contributed by atoms with Crippen LogP contribution in [0.4, 0.5) is 0 Å². The Morgan fingerprint density at radius 1 is 1.11 bits per heavy atom. The first-order valence-corrected chi connectivity index (χ1v) is 8.83. The fourth-order valence-corrected chi connectivity index (χ4v) is 2.65. The molecule has 3 rings (SSSR count). The van der Waals surface area contributed by atoms with Crippen molar-refractivity contribution in [2.24, 2.45) is 0 Å². The Kier molecular flexibility index (Phi) is 5.76. The van der Waals surface area contributed by atoms with Gasteiger partial charge in [0.1, 0.15) is 12.4 Å². The van der Waals surface area contributed by atoms with E-state index in [9.17, 15) is 14.7 Å². The fourth-order valence-electron chi connectivity index (χ4n) is 2.65. The smallest absolute Gasteiger partial charge is 0.358 e. The molecule has 0 fully saturated rings. The topological polar surface area (TPSA) is 88.6 Å². The van der Waals surface area contributed by atoms with E-state index < -0.39 is 11.5 Å². The number of esters is 1. The van der Waals surface area contributed by atoms with E-state index in [-0.39, 0.29) is 28.8 Å². The minimum Gasteiger partial charge on any atom is -0.505 e. The second kappa shape index (κ2) is 8.40. The Labute approximate surface area is 156 Å². The quantitative estimate of drug-likeness (QED) is 0.490. The predicted molar refractivity (Wildman–Crippen MR) is 102 cm³/mol. The van der Waals surface area contributed by atoms with Crippen molar-refractivity contribution in [1.82, 2.24) is 4.98 Å². The predicted octanol–water partition coefficient (Wildman–Crippen LogP) is 3.77. The van der Waals surface area contributed by atoms with Crippen molar-refractivity contribution in [3.8, 4) is 11.5 Å². The molecule has 3 aromatic rings. The number of carbonyl (C=O) groups excluding carboxylic acids is 1. The summed E-state index contributed by atoms with van der Waals surface area (Å²) >= 11 is 0. The molecule has 0 unspecified atom stereocenters. The fraction of sp³-hybridized carbons (Fsp3) is 0.238. The zero-order valence-corrected chi connectivity index (χ0v) is 15.0. The number of carbonyl (C=O) groups is 1. The first kappa shape index (κ1) is 18.5. The van der Waals surface area contributed by atoms with Gasteiger partial charge in [0.2, 0.25) is 0 Å². The highest BCUT2D eigenvalue weighted by atomic mass is 16.5. The Bertz CT molecular complexity index is 995. The van der Waals surface area contributed by atoms with Crippen LogP contribution in [0, 0.1) is 0 Å². The van der Waals surface area contributed by atoms with Gasteiger partial charge in [-0.15, -0.1) is 0 Å². The SMILES string of the molecule is CCCCOC(=O)c1[nH]c(=O)c2cc(OCc3ccccc3)ccc2c1O. The number of aromatic nitrogens is 1. The second-order valence-corrected chi connectivity index (χ2v) is 6.15. The lowest BCUT2D eigenvalue weighted by atomic mass is 10.1. The lowest BCUT2D eigenvalue weighted by Crippen LogP contribution is -2.16. The van der Waals surface area contributed by atoms with Crippen LogP contribution >= 0.6 is 0 Å². The average Bonchev–Trinajstić information content (AvgIpc) is 2.70. The number of aromatic hydroxyl groups is 1. The second-order valence-electron chi connectivity index (χ2n) is 6.15. The van der Waals surface area contributed by atoms with Crippen LogP contribution in [0.1, 0.15) is 35.8 Å². The van der Waals surface area contributed by atoms with E-state index >= 15 is 0 Å². The molecule has 0 saturated carbocycles. The zero-order valence-electron chi connectivity index (χ0n) is 15.0. The number of hydrogen-bond donors (Lipinski definition) is 2. The number of pyridine rings is 1. The summed E-state index contributed by atoms with van der Waals surface area (Å²) < 4.78 is 10.8. The molecule has 2 N–H and O–H groups in total. The van der Waals surface area contributed by atoms with Crippen LogP contribution in [0.2, 0.25) is 0 Å². The van der Waals surface area contributed by atoms with Crippen molar-refractivity contribution in [2.45, 2.75) is 26.4 Å². The summed E-state index contributed by atoms with van der Waals surface area (Å²) in [5, 5.41) is 10.9. The zero-order chi connectivity index (χ0) is 19.2. The molecule has 1 heterocycles. The summed E-state index contributed by atoms with van der Waals surface area (Å²) in [5.74, 6) is -0.556. The summed E-state index contributed by atoms with van der Waals surface area (Å²) in [6.07, 6.45) is 1.59. The molecule has 0 bridgehead atoms. The van der Waals surface area contributed by atoms with Crippen LogP contribution in [0.3, 0.4) is 0 Å². The van der Waals surface area contributed by atoms with E-state index in [0.717, 1.165) is 12.0 Å². The van der Waals surface area contributed by atoms with E-state index in [4.69, 9.17) is 9.47 Å². The van der Waals surface area contributed by atoms with Gasteiger partial charge < -0.3 is 19.6 Å². The summed E-state index contributed by atoms with van der Waals surface area (Å²) in [4.78, 5) is 26.9. The molecule has 0 atom stereocenters. The summed E-state index contributed by atoms with van der Waals surface area (Å²) in [5.41, 5.74) is 0.275. The monoisotopic (exact) mass is 367 g/mol. The van der Waals surface area contributed by atoms with Crippen LogP contribution in [-0.4, -0.2) is 22.7 Å². The van der Waals surface area contributed by atoms with Gasteiger partial charge in [0, 0.05) is 5.39 Å². The Balaban J connectivity index is 1.85. The van der Waals surface area contributed by atoms with Crippen molar-refractivity contribution in [3.05, 3.63) is 70.1 Å². The molecule has 2 aromatic carbocycles. The van der Waals surface area contributed by atoms with Crippen LogP contribution in [0.15, 0.2) is 53.3 Å². The van der Waals surface area contributed by atoms with Gasteiger partial charge in [-0.3, -0.25) is 4.79 Å². The minimum atomic E-state index is -0.746. The number of nitrogens with one attached hydrogen (secondary N) is 1. The highest BCUT2D eigenvalue weighted by molar-refractivity contribution is 5.99. The molecule has 0 aliphatic rings. The van der Waals surface area contributed by atoms with E-state index in [1.54, 1.807) is 18.2 Å². The lowest BCUT2D eigenvalue weighted by molar-refractivity contribution is 0.0489. The average molecular weight is 367 g/mol. The first-order chi connectivity index (χ1) is 13.1. The molecule has 0 amide bonds. The molecule has 0 radical (unpaired) electrons. The number of ether oxygens (including phenoxy) is 2. The van der Waals surface area contributed by atoms with Crippen molar-refractivity contribution >= 4 is 16.7 Å². The molecule has 0 saturated heterocycles. The van der Waals surface area contributed by atoms with Gasteiger partial charge >= 0.3 is 5.97 Å². The maximum absolute atomic E-state index is 12.4. The van der Waals surface area contributed by atoms with E-state index in [1.165, 1.54) is 0 Å². The van der Waals surface area contributed by atoms with E-state index in [2.05, 4.69) is 4.98 Å². The minimum absolute atomic E-state index is 0.235. The number of rotatable bonds is 7. The molecule has 0 spiro atoms. The third-order valence-corrected chi connectivity index (χ3v) is 4.15. The number of H-pyrrole nitrogens is 1. The molecular formula is C21H21NO5. The van der Waals surface area contributed by atoms with Gasteiger partial charge in [0.15, 0.2) is 11.4 Å². The van der Waals surface area contributed by atoms with Crippen LogP contribution in [-0.2, 0) is 11.3 Å². The number of benzene rings is 2. The number of hydrogen-bond acceptors (Lipinski definition) is 5. The molecule has 27 heavy (non-hydrogen) atoms. The van der Waals surface area contributed by atoms with E-state index in [1.807, 2.05) is 37.3 Å². The Hall–Kier alpha value is -3.28. The lowest BCUT2D eigenvalue weighted by Gasteiger charge is -2.10. The van der Waals surface area contributed by atoms with Crippen molar-refractivity contribution in [1.29, 1.82) is 0 Å². The highest BCUT2D eigenvalue weighted by Crippen LogP contribution is 2.28. The van der Waals surface area contributed by atoms with Crippen LogP contribution in [0.5, 0.6) is 11.5 Å². The van der Waals surface area contributed by atoms with Gasteiger partial charge in [-0.25, -0.2) is 4.79 Å². The maximum atomic E-state index is 12.4. The number of aromatic amines is 1. The first-order valence-electron chi connectivity index (χ1n) is 8.83. The molecule has 140 valence electrons. The van der Waals surface area contributed by atoms with E-state index in [0.29, 0.717) is 18.8 Å². The Morgan fingerprint density at radius 3 is 2.63 bits per heavy atom. The van der Waals surface area contributed by atoms with Gasteiger partial charge in [0.25, 0.3) is 5.56 Å². The number of fused-ring (bicyclic) bond motifs is 1. The summed E-state index contributed by atoms with van der Waals surface area (Å²) in [6.45, 7) is 2.57. The van der Waals surface area contributed by atoms with Gasteiger partial charge in [-0.2, -0.15) is 0 Å². The molecular weight excluding hydrogens is 346 g/mol. The van der Waals surface area contributed by atoms with Gasteiger partial charge in [-0.05, 0) is 30.2 Å². The normalized spacial score (nSPS) is 10.7. The van der Waals surface area contributed by atoms with Crippen LogP contribution in [0.25, 0.3) is 10.8 Å². The highest BCUT2D eigenvalue weighted by Gasteiger charge is 2.18. The van der Waals surface area contributed by atoms with Crippen molar-refractivity contribution in [3.63, 3.8) is 0 Å². The largest absolute Gasteiger partial charge is 0.505 e. The maximum Gasteiger partial charge on any atom is 0.358 e. The Morgan fingerprint density at radius 2 is 1.89 bits per heavy atom. The third-order valence-electron chi connectivity index (χ3n) is 4.15. The van der Waals surface area contributed by atoms with Crippen molar-refractivity contribution in [2.75, 3.05) is 6.61 Å². The summed E-state index contributed by atoms with van der Waals surface area (Å²) in [7, 11) is 0. The van der Waals surface area contributed by atoms with Gasteiger partial charge in [-0.1, -0.05) is 43.7 Å². The number of unbranched alkanes of at least 4 members (excludes halogenated alkanes) is 1. The van der Waals surface area contributed by atoms with Crippen molar-refractivity contribution < 1.29 is 19.4 Å². The molecule has 6 nitrogen and oxygen atoms in total. The van der Waals surface area contributed by atoms with Crippen LogP contribution < -0.4 is 10.3 Å². The molecule has 0 aliphatic heterocycles. The molecule has 1 aromatic heterocycles. The standard InChI is InChI=1S/C21H21NO5/c1-2-3-11-26-21(25)18-19(23)16-10-9-15(12-17(16)20(24)22-18)27-13-14-7-5-4-6-8-14/h4-10,12,23H,2-3,11,13H2,1H3,(H,22,24). The third kappa shape index (κ3) is 4.28. The van der Waals surface area contributed by atoms with Gasteiger partial charge in [0.05, 0.1) is 12.0 Å².